The molecule has 1 saturated carbocycles. The molecule has 0 bridgehead atoms. The molecule has 0 spiro atoms. The molecule has 3 aromatic rings. The summed E-state index contributed by atoms with van der Waals surface area (Å²) in [5, 5.41) is 12.1. The summed E-state index contributed by atoms with van der Waals surface area (Å²) in [5.74, 6) is 1.11. The van der Waals surface area contributed by atoms with Gasteiger partial charge in [0.15, 0.2) is 11.5 Å². The number of fused-ring (bicyclic) bond motifs is 1. The van der Waals surface area contributed by atoms with E-state index in [0.29, 0.717) is 53.7 Å². The molecule has 1 aliphatic carbocycles. The Hall–Kier alpha value is -2.66. The van der Waals surface area contributed by atoms with Crippen LogP contribution in [0.2, 0.25) is 5.02 Å². The van der Waals surface area contributed by atoms with Crippen molar-refractivity contribution in [3.05, 3.63) is 34.6 Å². The molecular formula is C23H33ClN10. The average Bonchev–Trinajstić information content (AvgIpc) is 3.54. The molecule has 2 fully saturated rings. The van der Waals surface area contributed by atoms with Crippen LogP contribution in [0, 0.1) is 0 Å². The molecule has 1 saturated heterocycles. The monoisotopic (exact) mass is 484 g/mol. The van der Waals surface area contributed by atoms with Crippen molar-refractivity contribution in [3.63, 3.8) is 0 Å². The summed E-state index contributed by atoms with van der Waals surface area (Å²) in [7, 11) is 2.17. The van der Waals surface area contributed by atoms with Crippen molar-refractivity contribution >= 4 is 40.4 Å². The van der Waals surface area contributed by atoms with Gasteiger partial charge < -0.3 is 27.0 Å². The highest BCUT2D eigenvalue weighted by atomic mass is 35.5. The Labute approximate surface area is 204 Å². The molecule has 0 radical (unpaired) electrons. The van der Waals surface area contributed by atoms with Gasteiger partial charge in [-0.2, -0.15) is 4.98 Å². The van der Waals surface area contributed by atoms with Gasteiger partial charge in [-0.25, -0.2) is 9.50 Å². The normalized spacial score (nSPS) is 21.3. The lowest BCUT2D eigenvalue weighted by Gasteiger charge is -2.44. The Kier molecular flexibility index (Phi) is 6.24. The maximum atomic E-state index is 6.97. The molecule has 10 nitrogen and oxygen atoms in total. The second-order valence-corrected chi connectivity index (χ2v) is 9.84. The van der Waals surface area contributed by atoms with Gasteiger partial charge in [-0.1, -0.05) is 11.6 Å². The largest absolute Gasteiger partial charge is 0.367 e. The van der Waals surface area contributed by atoms with Gasteiger partial charge in [-0.05, 0) is 51.4 Å². The van der Waals surface area contributed by atoms with Crippen LogP contribution in [0.3, 0.4) is 0 Å². The minimum Gasteiger partial charge on any atom is -0.367 e. The van der Waals surface area contributed by atoms with Crippen LogP contribution < -0.4 is 27.0 Å². The lowest BCUT2D eigenvalue weighted by Crippen LogP contribution is -2.55. The number of benzene rings is 1. The van der Waals surface area contributed by atoms with Gasteiger partial charge in [-0.15, -0.1) is 5.10 Å². The molecule has 5 rings (SSSR count). The molecule has 1 aromatic carbocycles. The Morgan fingerprint density at radius 2 is 1.85 bits per heavy atom. The average molecular weight is 485 g/mol. The first-order valence-corrected chi connectivity index (χ1v) is 12.2. The summed E-state index contributed by atoms with van der Waals surface area (Å²) in [6, 6.07) is 5.30. The van der Waals surface area contributed by atoms with E-state index in [-0.39, 0.29) is 0 Å². The van der Waals surface area contributed by atoms with Crippen LogP contribution in [0.5, 0.6) is 0 Å². The first-order chi connectivity index (χ1) is 16.4. The lowest BCUT2D eigenvalue weighted by atomic mass is 10.1. The standard InChI is InChI=1S/C23H33ClN10/c1-13-11-33(12-14(2)32(13)3)19-7-15(8-25)6-18(20(19)24)29-23-30-21(28-16-4-5-16)22-27-10-17(9-26)34(22)31-23/h6-7,10,13-14,16H,4-5,8-9,11-12,25-26H2,1-3H3,(H2,28,29,30,31)/t13-,14+. The number of rotatable bonds is 7. The van der Waals surface area contributed by atoms with Crippen LogP contribution >= 0.6 is 11.6 Å². The minimum atomic E-state index is 0.327. The molecule has 182 valence electrons. The summed E-state index contributed by atoms with van der Waals surface area (Å²) in [4.78, 5) is 13.9. The van der Waals surface area contributed by atoms with E-state index < -0.39 is 0 Å². The van der Waals surface area contributed by atoms with Crippen LogP contribution in [-0.2, 0) is 13.1 Å². The van der Waals surface area contributed by atoms with Gasteiger partial charge in [-0.3, -0.25) is 4.90 Å². The van der Waals surface area contributed by atoms with E-state index in [9.17, 15) is 0 Å². The van der Waals surface area contributed by atoms with Gasteiger partial charge >= 0.3 is 0 Å². The number of aromatic nitrogens is 4. The molecule has 0 unspecified atom stereocenters. The smallest absolute Gasteiger partial charge is 0.247 e. The fourth-order valence-corrected chi connectivity index (χ4v) is 4.74. The predicted octanol–water partition coefficient (Wildman–Crippen LogP) is 2.54. The molecule has 6 N–H and O–H groups in total. The Morgan fingerprint density at radius 1 is 1.12 bits per heavy atom. The number of nitrogens with one attached hydrogen (secondary N) is 2. The highest BCUT2D eigenvalue weighted by molar-refractivity contribution is 6.36. The molecule has 1 aliphatic heterocycles. The van der Waals surface area contributed by atoms with Crippen molar-refractivity contribution in [1.29, 1.82) is 0 Å². The van der Waals surface area contributed by atoms with Crippen LogP contribution in [0.15, 0.2) is 18.3 Å². The molecule has 11 heteroatoms. The van der Waals surface area contributed by atoms with Crippen LogP contribution in [-0.4, -0.2) is 62.7 Å². The number of anilines is 4. The van der Waals surface area contributed by atoms with Crippen molar-refractivity contribution in [3.8, 4) is 0 Å². The van der Waals surface area contributed by atoms with Gasteiger partial charge in [0.05, 0.1) is 28.3 Å². The van der Waals surface area contributed by atoms with Crippen LogP contribution in [0.25, 0.3) is 5.65 Å². The van der Waals surface area contributed by atoms with E-state index in [1.54, 1.807) is 10.7 Å². The van der Waals surface area contributed by atoms with Crippen LogP contribution in [0.1, 0.15) is 37.9 Å². The summed E-state index contributed by atoms with van der Waals surface area (Å²) in [6.45, 7) is 6.99. The summed E-state index contributed by atoms with van der Waals surface area (Å²) < 4.78 is 1.74. The Bertz CT molecular complexity index is 1180. The third kappa shape index (κ3) is 4.38. The fraction of sp³-hybridized carbons (Fsp3) is 0.522. The third-order valence-corrected chi connectivity index (χ3v) is 7.25. The maximum Gasteiger partial charge on any atom is 0.247 e. The molecule has 0 amide bonds. The van der Waals surface area contributed by atoms with Crippen molar-refractivity contribution in [2.75, 3.05) is 35.7 Å². The highest BCUT2D eigenvalue weighted by Crippen LogP contribution is 2.37. The summed E-state index contributed by atoms with van der Waals surface area (Å²) in [5.41, 5.74) is 16.1. The first-order valence-electron chi connectivity index (χ1n) is 11.9. The highest BCUT2D eigenvalue weighted by Gasteiger charge is 2.29. The fourth-order valence-electron chi connectivity index (χ4n) is 4.46. The van der Waals surface area contributed by atoms with E-state index in [0.717, 1.165) is 48.6 Å². The molecule has 34 heavy (non-hydrogen) atoms. The zero-order valence-corrected chi connectivity index (χ0v) is 20.7. The van der Waals surface area contributed by atoms with Crippen molar-refractivity contribution in [2.45, 2.75) is 57.9 Å². The molecular weight excluding hydrogens is 452 g/mol. The van der Waals surface area contributed by atoms with Gasteiger partial charge in [0.1, 0.15) is 0 Å². The van der Waals surface area contributed by atoms with Crippen LogP contribution in [0.4, 0.5) is 23.1 Å². The minimum absolute atomic E-state index is 0.327. The van der Waals surface area contributed by atoms with Crippen molar-refractivity contribution in [1.82, 2.24) is 24.5 Å². The van der Waals surface area contributed by atoms with Crippen molar-refractivity contribution < 1.29 is 0 Å². The topological polar surface area (TPSA) is 126 Å². The van der Waals surface area contributed by atoms with E-state index in [1.807, 2.05) is 6.07 Å². The number of nitrogens with zero attached hydrogens (tertiary/aromatic N) is 6. The number of nitrogens with two attached hydrogens (primary N) is 2. The van der Waals surface area contributed by atoms with E-state index in [4.69, 9.17) is 28.1 Å². The molecule has 2 aromatic heterocycles. The zero-order valence-electron chi connectivity index (χ0n) is 19.9. The summed E-state index contributed by atoms with van der Waals surface area (Å²) in [6.07, 6.45) is 3.99. The third-order valence-electron chi connectivity index (χ3n) is 6.86. The SMILES string of the molecule is C[C@@H]1CN(c2cc(CN)cc(Nc3nc(NC4CC4)c4ncc(CN)n4n3)c2Cl)C[C@H](C)N1C. The molecule has 2 aliphatic rings. The first kappa shape index (κ1) is 23.1. The van der Waals surface area contributed by atoms with Gasteiger partial charge in [0.2, 0.25) is 5.95 Å². The molecule has 2 atom stereocenters. The number of halogens is 1. The number of piperazine rings is 1. The molecule has 3 heterocycles. The Balaban J connectivity index is 1.52. The van der Waals surface area contributed by atoms with E-state index >= 15 is 0 Å². The second kappa shape index (κ2) is 9.18. The second-order valence-electron chi connectivity index (χ2n) is 9.47. The number of likely N-dealkylation sites (N-methyl/N-ethyl adjacent to an activating group) is 1. The number of hydrogen-bond donors (Lipinski definition) is 4. The van der Waals surface area contributed by atoms with Gasteiger partial charge in [0, 0.05) is 44.3 Å². The maximum absolute atomic E-state index is 6.97. The number of imidazole rings is 1. The van der Waals surface area contributed by atoms with Gasteiger partial charge in [0.25, 0.3) is 0 Å². The van der Waals surface area contributed by atoms with Crippen molar-refractivity contribution in [2.24, 2.45) is 11.5 Å². The predicted molar refractivity (Wildman–Crippen MR) is 137 cm³/mol. The summed E-state index contributed by atoms with van der Waals surface area (Å²) >= 11 is 6.97. The Morgan fingerprint density at radius 3 is 2.50 bits per heavy atom. The quantitative estimate of drug-likeness (QED) is 0.400. The van der Waals surface area contributed by atoms with E-state index in [2.05, 4.69) is 57.5 Å². The van der Waals surface area contributed by atoms with E-state index in [1.165, 1.54) is 0 Å². The zero-order chi connectivity index (χ0) is 24.0. The lowest BCUT2D eigenvalue weighted by molar-refractivity contribution is 0.170. The number of hydrogen-bond acceptors (Lipinski definition) is 9.